The Morgan fingerprint density at radius 3 is 2.35 bits per heavy atom. The first kappa shape index (κ1) is 27.1. The average molecular weight is 549 g/mol. The first-order valence-electron chi connectivity index (χ1n) is 14.7. The Labute approximate surface area is 236 Å². The molecule has 2 atom stereocenters. The molecule has 3 aliphatic heterocycles. The highest BCUT2D eigenvalue weighted by atomic mass is 16.6. The van der Waals surface area contributed by atoms with Crippen LogP contribution in [0.4, 0.5) is 4.79 Å². The number of nitrogens with one attached hydrogen (secondary N) is 1. The Hall–Kier alpha value is -3.14. The van der Waals surface area contributed by atoms with Crippen molar-refractivity contribution in [3.05, 3.63) is 59.7 Å². The van der Waals surface area contributed by atoms with Gasteiger partial charge in [-0.3, -0.25) is 14.6 Å². The van der Waals surface area contributed by atoms with Crippen molar-refractivity contribution < 1.29 is 23.8 Å². The molecule has 9 nitrogen and oxygen atoms in total. The van der Waals surface area contributed by atoms with Crippen LogP contribution in [0.15, 0.2) is 48.5 Å². The van der Waals surface area contributed by atoms with Gasteiger partial charge < -0.3 is 24.4 Å². The maximum Gasteiger partial charge on any atom is 0.409 e. The molecule has 3 fully saturated rings. The van der Waals surface area contributed by atoms with E-state index in [9.17, 15) is 9.59 Å². The summed E-state index contributed by atoms with van der Waals surface area (Å²) in [7, 11) is 0. The molecule has 3 heterocycles. The Morgan fingerprint density at radius 2 is 1.62 bits per heavy atom. The van der Waals surface area contributed by atoms with Gasteiger partial charge in [0.15, 0.2) is 0 Å². The molecule has 1 saturated carbocycles. The van der Waals surface area contributed by atoms with E-state index in [4.69, 9.17) is 14.2 Å². The normalized spacial score (nSPS) is 25.1. The minimum Gasteiger partial charge on any atom is -0.457 e. The summed E-state index contributed by atoms with van der Waals surface area (Å²) in [6, 6.07) is 16.9. The number of nitrogens with zero attached hydrogens (tertiary/aromatic N) is 3. The zero-order valence-corrected chi connectivity index (χ0v) is 23.3. The number of hydrogen-bond donors (Lipinski definition) is 1. The third-order valence-corrected chi connectivity index (χ3v) is 8.44. The van der Waals surface area contributed by atoms with E-state index in [0.717, 1.165) is 61.4 Å². The van der Waals surface area contributed by atoms with E-state index >= 15 is 0 Å². The smallest absolute Gasteiger partial charge is 0.409 e. The first-order chi connectivity index (χ1) is 19.5. The van der Waals surface area contributed by atoms with Gasteiger partial charge in [0.05, 0.1) is 31.9 Å². The standard InChI is InChI=1S/C31H40N4O5/c1-2-38-31(37)33-13-11-25(12-14-33)35-18-28-29(19-35)39-21-23-6-4-8-27(16-23)40-26-7-3-5-22(15-26)17-34(24-9-10-24)20-30(36)32-28/h3-8,15-16,24-25,28-29H,2,9-14,17-21H2,1H3,(H,32,36)/t28-,29-/m0/s1. The molecule has 4 aliphatic rings. The van der Waals surface area contributed by atoms with Crippen LogP contribution in [0.3, 0.4) is 0 Å². The zero-order valence-electron chi connectivity index (χ0n) is 23.3. The van der Waals surface area contributed by atoms with Crippen molar-refractivity contribution in [3.63, 3.8) is 0 Å². The van der Waals surface area contributed by atoms with Crippen molar-refractivity contribution in [2.24, 2.45) is 0 Å². The lowest BCUT2D eigenvalue weighted by atomic mass is 10.0. The number of hydrogen-bond acceptors (Lipinski definition) is 7. The molecule has 2 saturated heterocycles. The van der Waals surface area contributed by atoms with Crippen LogP contribution in [-0.2, 0) is 27.4 Å². The van der Waals surface area contributed by atoms with E-state index in [1.165, 1.54) is 0 Å². The molecule has 40 heavy (non-hydrogen) atoms. The highest BCUT2D eigenvalue weighted by Crippen LogP contribution is 2.30. The third-order valence-electron chi connectivity index (χ3n) is 8.44. The van der Waals surface area contributed by atoms with Crippen molar-refractivity contribution in [2.45, 2.75) is 70.0 Å². The minimum atomic E-state index is -0.226. The molecule has 0 aromatic heterocycles. The van der Waals surface area contributed by atoms with Crippen molar-refractivity contribution in [2.75, 3.05) is 39.3 Å². The quantitative estimate of drug-likeness (QED) is 0.625. The summed E-state index contributed by atoms with van der Waals surface area (Å²) in [6.45, 7) is 6.63. The number of carbonyl (C=O) groups excluding carboxylic acids is 2. The predicted molar refractivity (Wildman–Crippen MR) is 150 cm³/mol. The van der Waals surface area contributed by atoms with E-state index in [1.807, 2.05) is 43.3 Å². The van der Waals surface area contributed by atoms with Crippen molar-refractivity contribution >= 4 is 12.0 Å². The lowest BCUT2D eigenvalue weighted by Crippen LogP contribution is -2.49. The minimum absolute atomic E-state index is 0.0472. The fourth-order valence-corrected chi connectivity index (χ4v) is 6.21. The van der Waals surface area contributed by atoms with Gasteiger partial charge in [-0.05, 0) is 68.0 Å². The van der Waals surface area contributed by atoms with Crippen LogP contribution in [-0.4, -0.2) is 90.3 Å². The molecule has 2 amide bonds. The van der Waals surface area contributed by atoms with E-state index < -0.39 is 0 Å². The van der Waals surface area contributed by atoms with Gasteiger partial charge in [-0.1, -0.05) is 24.3 Å². The van der Waals surface area contributed by atoms with Crippen LogP contribution in [0.1, 0.15) is 43.7 Å². The fraction of sp³-hybridized carbons (Fsp3) is 0.548. The summed E-state index contributed by atoms with van der Waals surface area (Å²) in [6.07, 6.45) is 3.69. The lowest BCUT2D eigenvalue weighted by molar-refractivity contribution is -0.124. The summed E-state index contributed by atoms with van der Waals surface area (Å²) in [5.41, 5.74) is 2.18. The van der Waals surface area contributed by atoms with Crippen LogP contribution >= 0.6 is 0 Å². The molecule has 214 valence electrons. The molecular weight excluding hydrogens is 508 g/mol. The van der Waals surface area contributed by atoms with Crippen LogP contribution in [0.25, 0.3) is 0 Å². The van der Waals surface area contributed by atoms with Gasteiger partial charge in [-0.25, -0.2) is 4.79 Å². The number of benzene rings is 2. The van der Waals surface area contributed by atoms with Gasteiger partial charge in [-0.2, -0.15) is 0 Å². The fourth-order valence-electron chi connectivity index (χ4n) is 6.21. The molecule has 1 aliphatic carbocycles. The van der Waals surface area contributed by atoms with E-state index in [0.29, 0.717) is 51.5 Å². The molecule has 0 unspecified atom stereocenters. The summed E-state index contributed by atoms with van der Waals surface area (Å²) >= 11 is 0. The lowest BCUT2D eigenvalue weighted by Gasteiger charge is -2.36. The Balaban J connectivity index is 1.18. The van der Waals surface area contributed by atoms with E-state index in [1.54, 1.807) is 4.90 Å². The van der Waals surface area contributed by atoms with Crippen molar-refractivity contribution in [3.8, 4) is 11.5 Å². The van der Waals surface area contributed by atoms with Crippen LogP contribution in [0.5, 0.6) is 11.5 Å². The first-order valence-corrected chi connectivity index (χ1v) is 14.7. The van der Waals surface area contributed by atoms with Crippen LogP contribution in [0, 0.1) is 0 Å². The van der Waals surface area contributed by atoms with E-state index in [2.05, 4.69) is 27.2 Å². The van der Waals surface area contributed by atoms with Crippen molar-refractivity contribution in [1.82, 2.24) is 20.0 Å². The topological polar surface area (TPSA) is 83.6 Å². The number of carbonyl (C=O) groups is 2. The van der Waals surface area contributed by atoms with Crippen molar-refractivity contribution in [1.29, 1.82) is 0 Å². The molecule has 2 aromatic carbocycles. The van der Waals surface area contributed by atoms with Gasteiger partial charge >= 0.3 is 6.09 Å². The average Bonchev–Trinajstić information content (AvgIpc) is 3.73. The molecule has 0 radical (unpaired) electrons. The monoisotopic (exact) mass is 548 g/mol. The molecule has 4 bridgehead atoms. The second kappa shape index (κ2) is 12.2. The van der Waals surface area contributed by atoms with Gasteiger partial charge in [0.1, 0.15) is 11.5 Å². The third kappa shape index (κ3) is 6.59. The summed E-state index contributed by atoms with van der Waals surface area (Å²) in [5.74, 6) is 1.63. The molecular formula is C31H40N4O5. The highest BCUT2D eigenvalue weighted by Gasteiger charge is 2.40. The number of fused-ring (bicyclic) bond motifs is 5. The number of ether oxygens (including phenoxy) is 3. The maximum atomic E-state index is 13.4. The Bertz CT molecular complexity index is 1200. The Morgan fingerprint density at radius 1 is 0.925 bits per heavy atom. The van der Waals surface area contributed by atoms with Gasteiger partial charge in [0.25, 0.3) is 0 Å². The zero-order chi connectivity index (χ0) is 27.5. The predicted octanol–water partition coefficient (Wildman–Crippen LogP) is 3.76. The second-order valence-electron chi connectivity index (χ2n) is 11.4. The number of likely N-dealkylation sites (tertiary alicyclic amines) is 2. The largest absolute Gasteiger partial charge is 0.457 e. The molecule has 9 heteroatoms. The number of rotatable bonds is 3. The Kier molecular flexibility index (Phi) is 8.22. The van der Waals surface area contributed by atoms with Crippen LogP contribution < -0.4 is 10.1 Å². The summed E-state index contributed by atoms with van der Waals surface area (Å²) in [4.78, 5) is 32.1. The van der Waals surface area contributed by atoms with Gasteiger partial charge in [0.2, 0.25) is 5.91 Å². The highest BCUT2D eigenvalue weighted by molar-refractivity contribution is 5.78. The second-order valence-corrected chi connectivity index (χ2v) is 11.4. The van der Waals surface area contributed by atoms with Crippen LogP contribution in [0.2, 0.25) is 0 Å². The number of piperidine rings is 1. The molecule has 2 aromatic rings. The van der Waals surface area contributed by atoms with E-state index in [-0.39, 0.29) is 24.1 Å². The molecule has 0 spiro atoms. The summed E-state index contributed by atoms with van der Waals surface area (Å²) < 4.78 is 17.9. The maximum absolute atomic E-state index is 13.4. The van der Waals surface area contributed by atoms with Gasteiger partial charge in [0, 0.05) is 44.8 Å². The SMILES string of the molecule is CCOC(=O)N1CCC(N2C[C@@H]3NC(=O)CN(C4CC4)Cc4cccc(c4)Oc4cccc(c4)CO[C@H]3C2)CC1. The molecule has 1 N–H and O–H groups in total. The summed E-state index contributed by atoms with van der Waals surface area (Å²) in [5, 5.41) is 3.34. The molecule has 6 rings (SSSR count). The number of amides is 2. The van der Waals surface area contributed by atoms with Gasteiger partial charge in [-0.15, -0.1) is 0 Å².